The summed E-state index contributed by atoms with van der Waals surface area (Å²) in [5.41, 5.74) is 2.43. The number of halogens is 3. The predicted octanol–water partition coefficient (Wildman–Crippen LogP) is 4.91. The quantitative estimate of drug-likeness (QED) is 0.836. The summed E-state index contributed by atoms with van der Waals surface area (Å²) < 4.78 is 42.5. The summed E-state index contributed by atoms with van der Waals surface area (Å²) in [5.74, 6) is -0.387. The molecule has 3 nitrogen and oxygen atoms in total. The molecule has 3 rings (SSSR count). The number of alkyl halides is 3. The average molecular weight is 364 g/mol. The molecular weight excluding hydrogens is 341 g/mol. The van der Waals surface area contributed by atoms with Crippen LogP contribution in [0.1, 0.15) is 50.8 Å². The Morgan fingerprint density at radius 3 is 2.46 bits per heavy atom. The van der Waals surface area contributed by atoms with Crippen LogP contribution in [0.25, 0.3) is 10.8 Å². The first-order valence-electron chi connectivity index (χ1n) is 8.81. The molecule has 26 heavy (non-hydrogen) atoms. The summed E-state index contributed by atoms with van der Waals surface area (Å²) in [6.45, 7) is 5.27. The molecule has 1 fully saturated rings. The van der Waals surface area contributed by atoms with E-state index in [1.807, 2.05) is 31.2 Å². The van der Waals surface area contributed by atoms with E-state index in [2.05, 4.69) is 5.43 Å². The van der Waals surface area contributed by atoms with Gasteiger partial charge < -0.3 is 0 Å². The number of fused-ring (bicyclic) bond motifs is 1. The van der Waals surface area contributed by atoms with Crippen molar-refractivity contribution in [2.24, 2.45) is 0 Å². The van der Waals surface area contributed by atoms with Gasteiger partial charge in [-0.05, 0) is 42.2 Å². The predicted molar refractivity (Wildman–Crippen MR) is 95.4 cm³/mol. The highest BCUT2D eigenvalue weighted by Crippen LogP contribution is 2.45. The Bertz CT molecular complexity index is 829. The van der Waals surface area contributed by atoms with Crippen molar-refractivity contribution < 1.29 is 18.0 Å². The van der Waals surface area contributed by atoms with Crippen molar-refractivity contribution >= 4 is 16.7 Å². The summed E-state index contributed by atoms with van der Waals surface area (Å²) in [6, 6.07) is 8.90. The molecular formula is C20H23F3N2O. The third kappa shape index (κ3) is 3.30. The van der Waals surface area contributed by atoms with Gasteiger partial charge in [0, 0.05) is 12.0 Å². The topological polar surface area (TPSA) is 32.3 Å². The van der Waals surface area contributed by atoms with E-state index in [4.69, 9.17) is 0 Å². The van der Waals surface area contributed by atoms with Crippen LogP contribution in [0.4, 0.5) is 13.2 Å². The first-order chi connectivity index (χ1) is 12.1. The molecule has 0 saturated carbocycles. The van der Waals surface area contributed by atoms with Crippen LogP contribution in [0.2, 0.25) is 0 Å². The van der Waals surface area contributed by atoms with Crippen molar-refractivity contribution in [1.29, 1.82) is 0 Å². The van der Waals surface area contributed by atoms with Crippen molar-refractivity contribution in [3.05, 3.63) is 47.5 Å². The van der Waals surface area contributed by atoms with Crippen molar-refractivity contribution in [3.63, 3.8) is 0 Å². The van der Waals surface area contributed by atoms with Crippen LogP contribution < -0.4 is 5.43 Å². The Morgan fingerprint density at radius 1 is 1.19 bits per heavy atom. The van der Waals surface area contributed by atoms with E-state index in [1.54, 1.807) is 26.0 Å². The van der Waals surface area contributed by atoms with Crippen LogP contribution in [0.5, 0.6) is 0 Å². The highest BCUT2D eigenvalue weighted by Gasteiger charge is 2.53. The fourth-order valence-corrected chi connectivity index (χ4v) is 3.82. The number of aryl methyl sites for hydroxylation is 1. The first kappa shape index (κ1) is 18.7. The molecule has 0 aliphatic carbocycles. The second-order valence-corrected chi connectivity index (χ2v) is 7.44. The Kier molecular flexibility index (Phi) is 4.73. The second kappa shape index (κ2) is 6.58. The van der Waals surface area contributed by atoms with Gasteiger partial charge in [0.15, 0.2) is 6.04 Å². The molecule has 1 saturated heterocycles. The lowest BCUT2D eigenvalue weighted by Crippen LogP contribution is -2.51. The molecule has 2 aromatic carbocycles. The lowest BCUT2D eigenvalue weighted by atomic mass is 9.89. The minimum Gasteiger partial charge on any atom is -0.287 e. The molecule has 1 aliphatic heterocycles. The minimum absolute atomic E-state index is 0.0380. The first-order valence-corrected chi connectivity index (χ1v) is 8.81. The van der Waals surface area contributed by atoms with Gasteiger partial charge in [-0.3, -0.25) is 10.2 Å². The third-order valence-electron chi connectivity index (χ3n) is 4.93. The molecule has 140 valence electrons. The molecule has 1 amide bonds. The number of carbonyl (C=O) groups is 1. The van der Waals surface area contributed by atoms with Crippen LogP contribution in [0.3, 0.4) is 0 Å². The van der Waals surface area contributed by atoms with Gasteiger partial charge in [-0.25, -0.2) is 0 Å². The minimum atomic E-state index is -4.51. The number of hydrogen-bond acceptors (Lipinski definition) is 2. The molecule has 1 N–H and O–H groups in total. The average Bonchev–Trinajstić information content (AvgIpc) is 2.80. The van der Waals surface area contributed by atoms with Crippen molar-refractivity contribution in [3.8, 4) is 0 Å². The summed E-state index contributed by atoms with van der Waals surface area (Å²) in [7, 11) is 0. The lowest BCUT2D eigenvalue weighted by molar-refractivity contribution is -0.204. The second-order valence-electron chi connectivity index (χ2n) is 7.44. The lowest BCUT2D eigenvalue weighted by Gasteiger charge is -2.38. The number of hydrogen-bond donors (Lipinski definition) is 1. The monoisotopic (exact) mass is 364 g/mol. The van der Waals surface area contributed by atoms with E-state index in [0.29, 0.717) is 12.0 Å². The summed E-state index contributed by atoms with van der Waals surface area (Å²) in [6.07, 6.45) is -3.19. The SMILES string of the molecule is CCCc1c([C@H](N2NC(=O)CC2(C)C)C(F)(F)F)ccc2ccccc12. The largest absolute Gasteiger partial charge is 0.409 e. The molecule has 6 heteroatoms. The van der Waals surface area contributed by atoms with E-state index in [1.165, 1.54) is 0 Å². The molecule has 0 radical (unpaired) electrons. The molecule has 2 aromatic rings. The van der Waals surface area contributed by atoms with E-state index in [-0.39, 0.29) is 17.9 Å². The van der Waals surface area contributed by atoms with Gasteiger partial charge in [0.1, 0.15) is 0 Å². The van der Waals surface area contributed by atoms with E-state index in [9.17, 15) is 18.0 Å². The molecule has 0 unspecified atom stereocenters. The Hall–Kier alpha value is -2.08. The summed E-state index contributed by atoms with van der Waals surface area (Å²) >= 11 is 0. The van der Waals surface area contributed by atoms with Crippen LogP contribution in [-0.4, -0.2) is 22.6 Å². The van der Waals surface area contributed by atoms with Gasteiger partial charge in [0.25, 0.3) is 0 Å². The zero-order chi connectivity index (χ0) is 19.1. The van der Waals surface area contributed by atoms with E-state index >= 15 is 0 Å². The number of rotatable bonds is 4. The summed E-state index contributed by atoms with van der Waals surface area (Å²) in [5, 5.41) is 2.84. The Labute approximate surface area is 151 Å². The van der Waals surface area contributed by atoms with E-state index < -0.39 is 17.8 Å². The number of amides is 1. The summed E-state index contributed by atoms with van der Waals surface area (Å²) in [4.78, 5) is 11.8. The number of nitrogens with zero attached hydrogens (tertiary/aromatic N) is 1. The van der Waals surface area contributed by atoms with Gasteiger partial charge in [0.2, 0.25) is 5.91 Å². The molecule has 0 bridgehead atoms. The van der Waals surface area contributed by atoms with Gasteiger partial charge in [-0.1, -0.05) is 49.7 Å². The Balaban J connectivity index is 2.22. The maximum Gasteiger partial charge on any atom is 0.409 e. The number of hydrazine groups is 1. The fourth-order valence-electron chi connectivity index (χ4n) is 3.82. The molecule has 0 spiro atoms. The number of carbonyl (C=O) groups excluding carboxylic acids is 1. The molecule has 1 aliphatic rings. The van der Waals surface area contributed by atoms with Crippen LogP contribution in [0, 0.1) is 0 Å². The standard InChI is InChI=1S/C20H23F3N2O/c1-4-7-15-14-9-6-5-8-13(14)10-11-16(15)18(20(21,22)23)25-19(2,3)12-17(26)24-25/h5-6,8-11,18H,4,7,12H2,1-3H3,(H,24,26)/t18-/m0/s1. The number of benzene rings is 2. The van der Waals surface area contributed by atoms with E-state index in [0.717, 1.165) is 22.2 Å². The smallest absolute Gasteiger partial charge is 0.287 e. The van der Waals surface area contributed by atoms with Gasteiger partial charge >= 0.3 is 6.18 Å². The van der Waals surface area contributed by atoms with Gasteiger partial charge in [0.05, 0.1) is 0 Å². The Morgan fingerprint density at radius 2 is 1.88 bits per heavy atom. The van der Waals surface area contributed by atoms with Gasteiger partial charge in [-0.15, -0.1) is 0 Å². The fraction of sp³-hybridized carbons (Fsp3) is 0.450. The normalized spacial score (nSPS) is 18.9. The van der Waals surface area contributed by atoms with Crippen molar-refractivity contribution in [2.75, 3.05) is 0 Å². The van der Waals surface area contributed by atoms with Crippen molar-refractivity contribution in [2.45, 2.75) is 57.8 Å². The van der Waals surface area contributed by atoms with Crippen molar-refractivity contribution in [1.82, 2.24) is 10.4 Å². The van der Waals surface area contributed by atoms with Gasteiger partial charge in [-0.2, -0.15) is 18.2 Å². The molecule has 1 atom stereocenters. The highest BCUT2D eigenvalue weighted by molar-refractivity contribution is 5.87. The maximum atomic E-state index is 14.2. The van der Waals surface area contributed by atoms with Crippen LogP contribution >= 0.6 is 0 Å². The number of nitrogens with one attached hydrogen (secondary N) is 1. The molecule has 1 heterocycles. The third-order valence-corrected chi connectivity index (χ3v) is 4.93. The maximum absolute atomic E-state index is 14.2. The van der Waals surface area contributed by atoms with Crippen LogP contribution in [-0.2, 0) is 11.2 Å². The zero-order valence-electron chi connectivity index (χ0n) is 15.2. The molecule has 0 aromatic heterocycles. The zero-order valence-corrected chi connectivity index (χ0v) is 15.2. The van der Waals surface area contributed by atoms with Crippen LogP contribution in [0.15, 0.2) is 36.4 Å². The highest BCUT2D eigenvalue weighted by atomic mass is 19.4.